The minimum absolute atomic E-state index is 0.0473. The van der Waals surface area contributed by atoms with Crippen molar-refractivity contribution < 1.29 is 9.15 Å². The van der Waals surface area contributed by atoms with E-state index in [2.05, 4.69) is 12.1 Å². The van der Waals surface area contributed by atoms with Crippen LogP contribution in [0.2, 0.25) is 0 Å². The number of hydrogen-bond donors (Lipinski definition) is 0. The number of thioether (sulfide) groups is 1. The predicted molar refractivity (Wildman–Crippen MR) is 111 cm³/mol. The maximum Gasteiger partial charge on any atom is 0.262 e. The normalized spacial score (nSPS) is 11.0. The Labute approximate surface area is 167 Å². The number of hydrogen-bond acceptors (Lipinski definition) is 5. The number of benzene rings is 2. The van der Waals surface area contributed by atoms with Gasteiger partial charge in [0.05, 0.1) is 30.8 Å². The van der Waals surface area contributed by atoms with Gasteiger partial charge in [-0.15, -0.1) is 0 Å². The molecule has 4 aromatic rings. The van der Waals surface area contributed by atoms with Crippen molar-refractivity contribution in [3.63, 3.8) is 0 Å². The molecule has 142 valence electrons. The van der Waals surface area contributed by atoms with Gasteiger partial charge in [0.15, 0.2) is 5.16 Å². The highest BCUT2D eigenvalue weighted by Gasteiger charge is 2.13. The summed E-state index contributed by atoms with van der Waals surface area (Å²) in [5, 5.41) is 1.32. The molecule has 28 heavy (non-hydrogen) atoms. The van der Waals surface area contributed by atoms with Crippen LogP contribution >= 0.6 is 11.8 Å². The van der Waals surface area contributed by atoms with Crippen LogP contribution in [-0.4, -0.2) is 22.4 Å². The minimum Gasteiger partial charge on any atom is -0.497 e. The summed E-state index contributed by atoms with van der Waals surface area (Å²) >= 11 is 1.58. The second kappa shape index (κ2) is 8.35. The summed E-state index contributed by atoms with van der Waals surface area (Å²) in [4.78, 5) is 17.8. The maximum absolute atomic E-state index is 13.0. The van der Waals surface area contributed by atoms with E-state index >= 15 is 0 Å². The standard InChI is InChI=1S/C22H20N2O3S/c1-26-17-10-8-16(9-11-17)12-14-28-22-23-20-7-3-2-6-19(20)21(25)24(22)15-18-5-4-13-27-18/h2-11,13H,12,14-15H2,1H3. The van der Waals surface area contributed by atoms with E-state index in [1.165, 1.54) is 5.56 Å². The van der Waals surface area contributed by atoms with Crippen LogP contribution in [0.4, 0.5) is 0 Å². The molecule has 0 aliphatic rings. The van der Waals surface area contributed by atoms with Crippen molar-refractivity contribution in [3.8, 4) is 5.75 Å². The van der Waals surface area contributed by atoms with Gasteiger partial charge < -0.3 is 9.15 Å². The van der Waals surface area contributed by atoms with Crippen LogP contribution in [0.15, 0.2) is 81.3 Å². The van der Waals surface area contributed by atoms with Gasteiger partial charge in [-0.05, 0) is 48.4 Å². The van der Waals surface area contributed by atoms with Crippen LogP contribution in [0.1, 0.15) is 11.3 Å². The van der Waals surface area contributed by atoms with Crippen molar-refractivity contribution in [2.75, 3.05) is 12.9 Å². The van der Waals surface area contributed by atoms with Crippen molar-refractivity contribution in [1.82, 2.24) is 9.55 Å². The molecule has 0 N–H and O–H groups in total. The van der Waals surface area contributed by atoms with Crippen LogP contribution in [0.5, 0.6) is 5.75 Å². The number of nitrogens with zero attached hydrogens (tertiary/aromatic N) is 2. The van der Waals surface area contributed by atoms with E-state index in [0.717, 1.165) is 29.2 Å². The summed E-state index contributed by atoms with van der Waals surface area (Å²) in [7, 11) is 1.66. The van der Waals surface area contributed by atoms with E-state index in [1.807, 2.05) is 48.5 Å². The number of ether oxygens (including phenoxy) is 1. The number of aryl methyl sites for hydroxylation is 1. The topological polar surface area (TPSA) is 57.3 Å². The molecule has 2 aromatic heterocycles. The first-order valence-electron chi connectivity index (χ1n) is 9.02. The van der Waals surface area contributed by atoms with Gasteiger partial charge in [-0.1, -0.05) is 36.0 Å². The molecule has 0 aliphatic heterocycles. The third kappa shape index (κ3) is 3.97. The number of furan rings is 1. The first-order chi connectivity index (χ1) is 13.7. The molecule has 0 saturated heterocycles. The first-order valence-corrected chi connectivity index (χ1v) is 10.0. The average Bonchev–Trinajstić information content (AvgIpc) is 3.24. The molecule has 2 heterocycles. The van der Waals surface area contributed by atoms with Gasteiger partial charge in [-0.3, -0.25) is 9.36 Å². The minimum atomic E-state index is -0.0473. The molecule has 5 nitrogen and oxygen atoms in total. The highest BCUT2D eigenvalue weighted by molar-refractivity contribution is 7.99. The Morgan fingerprint density at radius 1 is 1.07 bits per heavy atom. The highest BCUT2D eigenvalue weighted by atomic mass is 32.2. The van der Waals surface area contributed by atoms with Crippen molar-refractivity contribution in [2.24, 2.45) is 0 Å². The first kappa shape index (κ1) is 18.4. The van der Waals surface area contributed by atoms with Gasteiger partial charge in [-0.2, -0.15) is 0 Å². The van der Waals surface area contributed by atoms with E-state index < -0.39 is 0 Å². The number of rotatable bonds is 7. The molecule has 0 saturated carbocycles. The summed E-state index contributed by atoms with van der Waals surface area (Å²) in [6, 6.07) is 19.2. The van der Waals surface area contributed by atoms with Crippen molar-refractivity contribution >= 4 is 22.7 Å². The van der Waals surface area contributed by atoms with E-state index in [-0.39, 0.29) is 5.56 Å². The van der Waals surface area contributed by atoms with Gasteiger partial charge in [-0.25, -0.2) is 4.98 Å². The van der Waals surface area contributed by atoms with E-state index in [4.69, 9.17) is 14.1 Å². The Balaban J connectivity index is 1.59. The largest absolute Gasteiger partial charge is 0.497 e. The fourth-order valence-electron chi connectivity index (χ4n) is 3.01. The predicted octanol–water partition coefficient (Wildman–Crippen LogP) is 4.38. The third-order valence-electron chi connectivity index (χ3n) is 4.50. The summed E-state index contributed by atoms with van der Waals surface area (Å²) in [6.45, 7) is 0.370. The van der Waals surface area contributed by atoms with E-state index in [0.29, 0.717) is 17.1 Å². The fraction of sp³-hybridized carbons (Fsp3) is 0.182. The van der Waals surface area contributed by atoms with Crippen molar-refractivity contribution in [1.29, 1.82) is 0 Å². The monoisotopic (exact) mass is 392 g/mol. The van der Waals surface area contributed by atoms with Crippen LogP contribution in [0.3, 0.4) is 0 Å². The molecule has 0 atom stereocenters. The number of para-hydroxylation sites is 1. The lowest BCUT2D eigenvalue weighted by atomic mass is 10.2. The van der Waals surface area contributed by atoms with Crippen LogP contribution in [0.25, 0.3) is 10.9 Å². The lowest BCUT2D eigenvalue weighted by Gasteiger charge is -2.12. The Bertz CT molecular complexity index is 1120. The van der Waals surface area contributed by atoms with Crippen LogP contribution in [0, 0.1) is 0 Å². The zero-order valence-electron chi connectivity index (χ0n) is 15.5. The maximum atomic E-state index is 13.0. The fourth-order valence-corrected chi connectivity index (χ4v) is 3.99. The van der Waals surface area contributed by atoms with Gasteiger partial charge in [0.1, 0.15) is 11.5 Å². The molecule has 2 aromatic carbocycles. The summed E-state index contributed by atoms with van der Waals surface area (Å²) in [5.74, 6) is 2.39. The average molecular weight is 392 g/mol. The molecule has 0 radical (unpaired) electrons. The number of methoxy groups -OCH3 is 1. The SMILES string of the molecule is COc1ccc(CCSc2nc3ccccc3c(=O)n2Cc2ccco2)cc1. The Kier molecular flexibility index (Phi) is 5.48. The van der Waals surface area contributed by atoms with E-state index in [1.54, 1.807) is 29.7 Å². The Morgan fingerprint density at radius 2 is 1.89 bits per heavy atom. The lowest BCUT2D eigenvalue weighted by Crippen LogP contribution is -2.24. The van der Waals surface area contributed by atoms with Crippen LogP contribution in [-0.2, 0) is 13.0 Å². The molecule has 0 bridgehead atoms. The molecule has 0 aliphatic carbocycles. The smallest absolute Gasteiger partial charge is 0.262 e. The van der Waals surface area contributed by atoms with Gasteiger partial charge in [0, 0.05) is 5.75 Å². The van der Waals surface area contributed by atoms with E-state index in [9.17, 15) is 4.79 Å². The molecule has 0 amide bonds. The highest BCUT2D eigenvalue weighted by Crippen LogP contribution is 2.21. The zero-order valence-corrected chi connectivity index (χ0v) is 16.3. The third-order valence-corrected chi connectivity index (χ3v) is 5.48. The number of fused-ring (bicyclic) bond motifs is 1. The summed E-state index contributed by atoms with van der Waals surface area (Å²) in [5.41, 5.74) is 1.89. The molecular formula is C22H20N2O3S. The van der Waals surface area contributed by atoms with Crippen molar-refractivity contribution in [3.05, 3.63) is 88.6 Å². The van der Waals surface area contributed by atoms with Gasteiger partial charge in [0.25, 0.3) is 5.56 Å². The molecule has 0 unspecified atom stereocenters. The molecule has 0 fully saturated rings. The molecule has 6 heteroatoms. The Hall–Kier alpha value is -2.99. The quantitative estimate of drug-likeness (QED) is 0.345. The molecule has 4 rings (SSSR count). The lowest BCUT2D eigenvalue weighted by molar-refractivity contribution is 0.414. The number of aromatic nitrogens is 2. The summed E-state index contributed by atoms with van der Waals surface area (Å²) in [6.07, 6.45) is 2.49. The second-order valence-corrected chi connectivity index (χ2v) is 7.39. The van der Waals surface area contributed by atoms with Gasteiger partial charge >= 0.3 is 0 Å². The second-order valence-electron chi connectivity index (χ2n) is 6.33. The zero-order chi connectivity index (χ0) is 19.3. The Morgan fingerprint density at radius 3 is 2.64 bits per heavy atom. The van der Waals surface area contributed by atoms with Crippen molar-refractivity contribution in [2.45, 2.75) is 18.1 Å². The summed E-state index contributed by atoms with van der Waals surface area (Å²) < 4.78 is 12.3. The van der Waals surface area contributed by atoms with Crippen LogP contribution < -0.4 is 10.3 Å². The molecule has 0 spiro atoms. The molecular weight excluding hydrogens is 372 g/mol. The van der Waals surface area contributed by atoms with Gasteiger partial charge in [0.2, 0.25) is 0 Å².